The Morgan fingerprint density at radius 3 is 2.50 bits per heavy atom. The van der Waals surface area contributed by atoms with E-state index in [1.54, 1.807) is 27.8 Å². The minimum absolute atomic E-state index is 0.0300. The highest BCUT2D eigenvalue weighted by Crippen LogP contribution is 2.33. The van der Waals surface area contributed by atoms with Crippen molar-refractivity contribution in [3.05, 3.63) is 23.2 Å². The average Bonchev–Trinajstić information content (AvgIpc) is 2.98. The van der Waals surface area contributed by atoms with Crippen LogP contribution < -0.4 is 5.32 Å². The summed E-state index contributed by atoms with van der Waals surface area (Å²) in [7, 11) is -1.50. The highest BCUT2D eigenvalue weighted by atomic mass is 32.2. The second-order valence-electron chi connectivity index (χ2n) is 7.37. The first-order valence-corrected chi connectivity index (χ1v) is 10.6. The number of sulfonamides is 1. The molecule has 0 amide bonds. The van der Waals surface area contributed by atoms with Crippen LogP contribution in [0.2, 0.25) is 0 Å². The Hall–Kier alpha value is -1.02. The van der Waals surface area contributed by atoms with Crippen molar-refractivity contribution in [1.82, 2.24) is 14.6 Å². The molecule has 2 aromatic rings. The molecule has 5 nitrogen and oxygen atoms in total. The topological polar surface area (TPSA) is 62.3 Å². The van der Waals surface area contributed by atoms with Crippen LogP contribution in [0.5, 0.6) is 0 Å². The number of piperidine rings is 1. The molecule has 3 rings (SSSR count). The van der Waals surface area contributed by atoms with Gasteiger partial charge in [0.2, 0.25) is 10.0 Å². The molecule has 1 aromatic heterocycles. The first kappa shape index (κ1) is 17.8. The molecular formula is C17H25N3O2S2. The molecule has 0 unspecified atom stereocenters. The van der Waals surface area contributed by atoms with Gasteiger partial charge in [-0.3, -0.25) is 0 Å². The van der Waals surface area contributed by atoms with Crippen molar-refractivity contribution in [2.24, 2.45) is 0 Å². The molecule has 7 heteroatoms. The van der Waals surface area contributed by atoms with Crippen LogP contribution in [0.4, 0.5) is 0 Å². The Bertz CT molecular complexity index is 829. The molecule has 1 aliphatic heterocycles. The number of fused-ring (bicyclic) bond motifs is 1. The van der Waals surface area contributed by atoms with Crippen molar-refractivity contribution < 1.29 is 8.42 Å². The van der Waals surface area contributed by atoms with E-state index < -0.39 is 10.0 Å². The van der Waals surface area contributed by atoms with E-state index in [1.165, 1.54) is 0 Å². The predicted octanol–water partition coefficient (Wildman–Crippen LogP) is 2.97. The average molecular weight is 368 g/mol. The van der Waals surface area contributed by atoms with Crippen LogP contribution in [-0.4, -0.2) is 43.9 Å². The maximum Gasteiger partial charge on any atom is 0.243 e. The van der Waals surface area contributed by atoms with Gasteiger partial charge in [-0.2, -0.15) is 4.31 Å². The lowest BCUT2D eigenvalue weighted by Gasteiger charge is -2.30. The summed E-state index contributed by atoms with van der Waals surface area (Å²) in [5.41, 5.74) is 0.843. The largest absolute Gasteiger partial charge is 0.317 e. The van der Waals surface area contributed by atoms with Gasteiger partial charge in [0.1, 0.15) is 0 Å². The highest BCUT2D eigenvalue weighted by molar-refractivity contribution is 7.89. The van der Waals surface area contributed by atoms with E-state index in [0.29, 0.717) is 24.0 Å². The zero-order valence-corrected chi connectivity index (χ0v) is 16.3. The molecule has 0 saturated carbocycles. The molecule has 1 fully saturated rings. The summed E-state index contributed by atoms with van der Waals surface area (Å²) in [6, 6.07) is 5.71. The summed E-state index contributed by atoms with van der Waals surface area (Å²) in [5.74, 6) is 0. The lowest BCUT2D eigenvalue weighted by Crippen LogP contribution is -2.43. The van der Waals surface area contributed by atoms with Gasteiger partial charge in [0.15, 0.2) is 0 Å². The van der Waals surface area contributed by atoms with Crippen molar-refractivity contribution in [1.29, 1.82) is 0 Å². The lowest BCUT2D eigenvalue weighted by atomic mass is 9.98. The quantitative estimate of drug-likeness (QED) is 0.906. The van der Waals surface area contributed by atoms with Gasteiger partial charge in [0.25, 0.3) is 0 Å². The number of nitrogens with one attached hydrogen (secondary N) is 1. The van der Waals surface area contributed by atoms with Crippen molar-refractivity contribution in [2.75, 3.05) is 20.1 Å². The first-order valence-electron chi connectivity index (χ1n) is 8.30. The Balaban J connectivity index is 1.91. The van der Waals surface area contributed by atoms with Crippen LogP contribution in [0, 0.1) is 0 Å². The smallest absolute Gasteiger partial charge is 0.243 e. The maximum absolute atomic E-state index is 12.9. The molecule has 0 radical (unpaired) electrons. The van der Waals surface area contributed by atoms with Crippen LogP contribution >= 0.6 is 11.3 Å². The molecule has 1 aliphatic rings. The van der Waals surface area contributed by atoms with Gasteiger partial charge in [-0.1, -0.05) is 20.8 Å². The number of thiazole rings is 1. The Morgan fingerprint density at radius 1 is 1.25 bits per heavy atom. The van der Waals surface area contributed by atoms with Gasteiger partial charge in [-0.05, 0) is 38.1 Å². The fourth-order valence-corrected chi connectivity index (χ4v) is 5.55. The molecule has 24 heavy (non-hydrogen) atoms. The predicted molar refractivity (Wildman–Crippen MR) is 99.2 cm³/mol. The second-order valence-corrected chi connectivity index (χ2v) is 10.3. The number of hydrogen-bond donors (Lipinski definition) is 1. The van der Waals surface area contributed by atoms with Crippen LogP contribution in [0.1, 0.15) is 38.6 Å². The zero-order valence-electron chi connectivity index (χ0n) is 14.7. The van der Waals surface area contributed by atoms with E-state index in [2.05, 4.69) is 31.1 Å². The zero-order chi connectivity index (χ0) is 17.5. The number of rotatable bonds is 3. The normalized spacial score (nSPS) is 18.3. The third-order valence-corrected chi connectivity index (χ3v) is 7.84. The van der Waals surface area contributed by atoms with Crippen LogP contribution in [0.3, 0.4) is 0 Å². The summed E-state index contributed by atoms with van der Waals surface area (Å²) < 4.78 is 28.4. The van der Waals surface area contributed by atoms with Crippen LogP contribution in [-0.2, 0) is 15.4 Å². The lowest BCUT2D eigenvalue weighted by molar-refractivity contribution is 0.298. The number of nitrogens with zero attached hydrogens (tertiary/aromatic N) is 2. The fourth-order valence-electron chi connectivity index (χ4n) is 2.92. The number of benzene rings is 1. The van der Waals surface area contributed by atoms with E-state index >= 15 is 0 Å². The monoisotopic (exact) mass is 367 g/mol. The molecule has 2 heterocycles. The Labute approximate surface area is 148 Å². The minimum Gasteiger partial charge on any atom is -0.317 e. The van der Waals surface area contributed by atoms with Gasteiger partial charge >= 0.3 is 0 Å². The Morgan fingerprint density at radius 2 is 1.92 bits per heavy atom. The number of hydrogen-bond acceptors (Lipinski definition) is 5. The molecular weight excluding hydrogens is 342 g/mol. The van der Waals surface area contributed by atoms with Gasteiger partial charge in [0, 0.05) is 24.5 Å². The fraction of sp³-hybridized carbons (Fsp3) is 0.588. The molecule has 0 atom stereocenters. The third-order valence-electron chi connectivity index (χ3n) is 4.50. The van der Waals surface area contributed by atoms with Crippen molar-refractivity contribution in [3.63, 3.8) is 0 Å². The molecule has 0 spiro atoms. The first-order chi connectivity index (χ1) is 11.2. The highest BCUT2D eigenvalue weighted by Gasteiger charge is 2.29. The number of aromatic nitrogens is 1. The van der Waals surface area contributed by atoms with E-state index in [0.717, 1.165) is 28.1 Å². The second kappa shape index (κ2) is 6.37. The van der Waals surface area contributed by atoms with E-state index in [-0.39, 0.29) is 5.41 Å². The van der Waals surface area contributed by atoms with E-state index in [9.17, 15) is 8.42 Å². The van der Waals surface area contributed by atoms with Crippen molar-refractivity contribution in [2.45, 2.75) is 50.0 Å². The third kappa shape index (κ3) is 3.35. The van der Waals surface area contributed by atoms with E-state index in [4.69, 9.17) is 0 Å². The SMILES string of the molecule is CNC1CCN(S(=O)(=O)c2ccc3nc(C(C)(C)C)sc3c2)CC1. The van der Waals surface area contributed by atoms with Crippen molar-refractivity contribution in [3.8, 4) is 0 Å². The van der Waals surface area contributed by atoms with Gasteiger partial charge in [0.05, 0.1) is 20.1 Å². The summed E-state index contributed by atoms with van der Waals surface area (Å²) in [4.78, 5) is 5.02. The standard InChI is InChI=1S/C17H25N3O2S2/c1-17(2,3)16-19-14-6-5-13(11-15(14)23-16)24(21,22)20-9-7-12(18-4)8-10-20/h5-6,11-12,18H,7-10H2,1-4H3. The summed E-state index contributed by atoms with van der Waals surface area (Å²) in [5, 5.41) is 4.26. The molecule has 1 aromatic carbocycles. The Kier molecular flexibility index (Phi) is 4.72. The molecule has 1 saturated heterocycles. The molecule has 1 N–H and O–H groups in total. The molecule has 132 valence electrons. The summed E-state index contributed by atoms with van der Waals surface area (Å²) in [6.45, 7) is 7.50. The van der Waals surface area contributed by atoms with Gasteiger partial charge < -0.3 is 5.32 Å². The van der Waals surface area contributed by atoms with E-state index in [1.807, 2.05) is 13.1 Å². The van der Waals surface area contributed by atoms with Crippen molar-refractivity contribution >= 4 is 31.6 Å². The summed E-state index contributed by atoms with van der Waals surface area (Å²) in [6.07, 6.45) is 1.71. The molecule has 0 bridgehead atoms. The van der Waals surface area contributed by atoms with Gasteiger partial charge in [-0.15, -0.1) is 11.3 Å². The summed E-state index contributed by atoms with van der Waals surface area (Å²) >= 11 is 1.58. The minimum atomic E-state index is -3.43. The van der Waals surface area contributed by atoms with Crippen LogP contribution in [0.25, 0.3) is 10.2 Å². The van der Waals surface area contributed by atoms with Gasteiger partial charge in [-0.25, -0.2) is 13.4 Å². The van der Waals surface area contributed by atoms with Crippen LogP contribution in [0.15, 0.2) is 23.1 Å². The molecule has 0 aliphatic carbocycles. The maximum atomic E-state index is 12.9.